The van der Waals surface area contributed by atoms with Crippen molar-refractivity contribution < 1.29 is 19.0 Å². The van der Waals surface area contributed by atoms with E-state index in [1.165, 1.54) is 0 Å². The molecule has 0 aromatic heterocycles. The van der Waals surface area contributed by atoms with Gasteiger partial charge in [0.15, 0.2) is 0 Å². The van der Waals surface area contributed by atoms with Crippen LogP contribution in [0, 0.1) is 0 Å². The molecule has 0 radical (unpaired) electrons. The van der Waals surface area contributed by atoms with Gasteiger partial charge >= 0.3 is 6.16 Å². The van der Waals surface area contributed by atoms with E-state index in [1.807, 2.05) is 0 Å². The highest BCUT2D eigenvalue weighted by molar-refractivity contribution is 5.59. The van der Waals surface area contributed by atoms with Gasteiger partial charge in [-0.25, -0.2) is 4.79 Å². The highest BCUT2D eigenvalue weighted by Gasteiger charge is 1.99. The number of ether oxygens (including phenoxy) is 3. The van der Waals surface area contributed by atoms with Crippen LogP contribution in [0.4, 0.5) is 4.79 Å². The smallest absolute Gasteiger partial charge is 0.435 e. The Hall–Kier alpha value is -0.770. The van der Waals surface area contributed by atoms with Crippen LogP contribution in [0.3, 0.4) is 0 Å². The Kier molecular flexibility index (Phi) is 6.82. The zero-order valence-electron chi connectivity index (χ0n) is 6.96. The van der Waals surface area contributed by atoms with E-state index < -0.39 is 6.16 Å². The van der Waals surface area contributed by atoms with Gasteiger partial charge in [0.1, 0.15) is 0 Å². The average molecular weight is 162 g/mol. The molecular formula is C7H14O4. The molecule has 0 heterocycles. The van der Waals surface area contributed by atoms with Crippen LogP contribution < -0.4 is 0 Å². The average Bonchev–Trinajstić information content (AvgIpc) is 1.99. The summed E-state index contributed by atoms with van der Waals surface area (Å²) in [6.45, 7) is 3.03. The third-order valence-corrected chi connectivity index (χ3v) is 0.975. The molecule has 11 heavy (non-hydrogen) atoms. The standard InChI is InChI=1S/C7H14O4/c1-3-10-7(8)11-6-4-5-9-2/h3-6H2,1-2H3. The zero-order chi connectivity index (χ0) is 8.53. The van der Waals surface area contributed by atoms with Gasteiger partial charge in [-0.3, -0.25) is 0 Å². The topological polar surface area (TPSA) is 44.8 Å². The SMILES string of the molecule is CCOC(=O)OCCCOC. The van der Waals surface area contributed by atoms with Gasteiger partial charge in [-0.15, -0.1) is 0 Å². The number of hydrogen-bond donors (Lipinski definition) is 0. The van der Waals surface area contributed by atoms with Crippen molar-refractivity contribution >= 4 is 6.16 Å². The predicted molar refractivity (Wildman–Crippen MR) is 39.5 cm³/mol. The van der Waals surface area contributed by atoms with Crippen LogP contribution in [0.2, 0.25) is 0 Å². The minimum absolute atomic E-state index is 0.350. The van der Waals surface area contributed by atoms with Gasteiger partial charge in [-0.1, -0.05) is 0 Å². The fourth-order valence-corrected chi connectivity index (χ4v) is 0.518. The molecule has 0 unspecified atom stereocenters. The summed E-state index contributed by atoms with van der Waals surface area (Å²) in [5.74, 6) is 0. The van der Waals surface area contributed by atoms with Gasteiger partial charge in [0.05, 0.1) is 13.2 Å². The fraction of sp³-hybridized carbons (Fsp3) is 0.857. The van der Waals surface area contributed by atoms with Crippen molar-refractivity contribution in [3.63, 3.8) is 0 Å². The molecule has 0 amide bonds. The molecule has 66 valence electrons. The Morgan fingerprint density at radius 3 is 2.55 bits per heavy atom. The maximum Gasteiger partial charge on any atom is 0.508 e. The lowest BCUT2D eigenvalue weighted by Gasteiger charge is -2.02. The van der Waals surface area contributed by atoms with Crippen LogP contribution >= 0.6 is 0 Å². The van der Waals surface area contributed by atoms with Crippen LogP contribution in [0.25, 0.3) is 0 Å². The predicted octanol–water partition coefficient (Wildman–Crippen LogP) is 1.20. The quantitative estimate of drug-likeness (QED) is 0.450. The van der Waals surface area contributed by atoms with E-state index >= 15 is 0 Å². The summed E-state index contributed by atoms with van der Waals surface area (Å²) in [6, 6.07) is 0. The molecule has 0 saturated carbocycles. The van der Waals surface area contributed by atoms with Crippen LogP contribution in [-0.4, -0.2) is 33.1 Å². The third kappa shape index (κ3) is 7.12. The van der Waals surface area contributed by atoms with Crippen molar-refractivity contribution in [2.45, 2.75) is 13.3 Å². The first-order chi connectivity index (χ1) is 5.31. The summed E-state index contributed by atoms with van der Waals surface area (Å²) in [7, 11) is 1.60. The molecule has 0 aliphatic heterocycles. The second-order valence-corrected chi connectivity index (χ2v) is 1.88. The molecule has 0 rings (SSSR count). The fourth-order valence-electron chi connectivity index (χ4n) is 0.518. The van der Waals surface area contributed by atoms with Gasteiger partial charge in [0.25, 0.3) is 0 Å². The summed E-state index contributed by atoms with van der Waals surface area (Å²) in [5.41, 5.74) is 0. The lowest BCUT2D eigenvalue weighted by atomic mass is 10.5. The van der Waals surface area contributed by atoms with Crippen molar-refractivity contribution in [2.24, 2.45) is 0 Å². The molecule has 0 aliphatic carbocycles. The molecule has 0 saturated heterocycles. The maximum absolute atomic E-state index is 10.5. The second-order valence-electron chi connectivity index (χ2n) is 1.88. The first-order valence-electron chi connectivity index (χ1n) is 3.59. The van der Waals surface area contributed by atoms with E-state index in [1.54, 1.807) is 14.0 Å². The summed E-state index contributed by atoms with van der Waals surface area (Å²) in [4.78, 5) is 10.5. The zero-order valence-corrected chi connectivity index (χ0v) is 6.96. The number of carbonyl (C=O) groups excluding carboxylic acids is 1. The van der Waals surface area contributed by atoms with Crippen molar-refractivity contribution in [2.75, 3.05) is 26.9 Å². The van der Waals surface area contributed by atoms with E-state index in [2.05, 4.69) is 9.47 Å². The van der Waals surface area contributed by atoms with E-state index in [0.717, 1.165) is 0 Å². The highest BCUT2D eigenvalue weighted by Crippen LogP contribution is 1.87. The molecule has 0 spiro atoms. The largest absolute Gasteiger partial charge is 0.508 e. The number of hydrogen-bond acceptors (Lipinski definition) is 4. The molecule has 4 heteroatoms. The normalized spacial score (nSPS) is 9.27. The van der Waals surface area contributed by atoms with Gasteiger partial charge in [0.2, 0.25) is 0 Å². The lowest BCUT2D eigenvalue weighted by Crippen LogP contribution is -2.09. The minimum Gasteiger partial charge on any atom is -0.435 e. The Balaban J connectivity index is 3.04. The first-order valence-corrected chi connectivity index (χ1v) is 3.59. The van der Waals surface area contributed by atoms with Crippen molar-refractivity contribution in [3.05, 3.63) is 0 Å². The number of methoxy groups -OCH3 is 1. The molecule has 4 nitrogen and oxygen atoms in total. The van der Waals surface area contributed by atoms with Gasteiger partial charge in [0, 0.05) is 20.1 Å². The molecule has 0 aliphatic rings. The Labute approximate surface area is 66.4 Å². The number of carbonyl (C=O) groups is 1. The summed E-state index contributed by atoms with van der Waals surface area (Å²) in [6.07, 6.45) is 0.0959. The van der Waals surface area contributed by atoms with Crippen LogP contribution in [-0.2, 0) is 14.2 Å². The molecule has 0 atom stereocenters. The van der Waals surface area contributed by atoms with E-state index in [9.17, 15) is 4.79 Å². The molecule has 0 aromatic carbocycles. The number of rotatable bonds is 5. The van der Waals surface area contributed by atoms with E-state index in [-0.39, 0.29) is 0 Å². The van der Waals surface area contributed by atoms with Crippen LogP contribution in [0.1, 0.15) is 13.3 Å². The monoisotopic (exact) mass is 162 g/mol. The molecule has 0 N–H and O–H groups in total. The lowest BCUT2D eigenvalue weighted by molar-refractivity contribution is 0.0524. The summed E-state index contributed by atoms with van der Waals surface area (Å²) < 4.78 is 13.9. The second kappa shape index (κ2) is 7.34. The molecule has 0 bridgehead atoms. The van der Waals surface area contributed by atoms with E-state index in [0.29, 0.717) is 26.2 Å². The third-order valence-electron chi connectivity index (χ3n) is 0.975. The first kappa shape index (κ1) is 10.2. The maximum atomic E-state index is 10.5. The van der Waals surface area contributed by atoms with Crippen LogP contribution in [0.15, 0.2) is 0 Å². The minimum atomic E-state index is -0.608. The molecular weight excluding hydrogens is 148 g/mol. The highest BCUT2D eigenvalue weighted by atomic mass is 16.7. The van der Waals surface area contributed by atoms with Crippen LogP contribution in [0.5, 0.6) is 0 Å². The van der Waals surface area contributed by atoms with Gasteiger partial charge < -0.3 is 14.2 Å². The molecule has 0 fully saturated rings. The van der Waals surface area contributed by atoms with Crippen molar-refractivity contribution in [3.8, 4) is 0 Å². The Morgan fingerprint density at radius 2 is 2.00 bits per heavy atom. The summed E-state index contributed by atoms with van der Waals surface area (Å²) >= 11 is 0. The summed E-state index contributed by atoms with van der Waals surface area (Å²) in [5, 5.41) is 0. The Morgan fingerprint density at radius 1 is 1.27 bits per heavy atom. The van der Waals surface area contributed by atoms with Crippen molar-refractivity contribution in [1.29, 1.82) is 0 Å². The van der Waals surface area contributed by atoms with E-state index in [4.69, 9.17) is 4.74 Å². The van der Waals surface area contributed by atoms with Gasteiger partial charge in [-0.05, 0) is 6.92 Å². The van der Waals surface area contributed by atoms with Gasteiger partial charge in [-0.2, -0.15) is 0 Å². The molecule has 0 aromatic rings. The van der Waals surface area contributed by atoms with Crippen molar-refractivity contribution in [1.82, 2.24) is 0 Å². The Bertz CT molecular complexity index is 103.